The Balaban J connectivity index is 1.38. The lowest BCUT2D eigenvalue weighted by molar-refractivity contribution is -0.122. The highest BCUT2D eigenvalue weighted by Gasteiger charge is 2.36. The summed E-state index contributed by atoms with van der Waals surface area (Å²) in [6, 6.07) is 15.8. The first kappa shape index (κ1) is 25.6. The van der Waals surface area contributed by atoms with E-state index in [0.717, 1.165) is 46.8 Å². The largest absolute Gasteiger partial charge is 0.316 e. The number of imide groups is 1. The third-order valence-electron chi connectivity index (χ3n) is 7.82. The fourth-order valence-electron chi connectivity index (χ4n) is 5.78. The molecule has 0 atom stereocenters. The standard InChI is InChI=1S/C32H28N8O2/c1-2-21-10-3-4-11-22(18-21)39-19-25(23-12-5-7-14-26(23)39)28-29(32(42)34-31(28)41)30-24-13-6-8-15-27(24)40(35-30)17-9-16-38-20-33-36-37-38/h3-8,11-15,18-20H,2,9-10,16-17H2,1H3,(H,34,41,42). The summed E-state index contributed by atoms with van der Waals surface area (Å²) in [6.45, 7) is 3.37. The molecule has 0 saturated heterocycles. The van der Waals surface area contributed by atoms with Crippen LogP contribution in [-0.4, -0.2) is 46.4 Å². The van der Waals surface area contributed by atoms with Crippen LogP contribution in [-0.2, 0) is 22.7 Å². The first-order valence-corrected chi connectivity index (χ1v) is 14.1. The number of hydrogen-bond acceptors (Lipinski definition) is 6. The SMILES string of the molecule is CCC1=CC(n2cc(C3=C(c4nn(CCCn5cnnn5)c5ccccc45)C(=O)NC3=O)c3ccccc32)=CC=CC1. The van der Waals surface area contributed by atoms with E-state index in [1.807, 2.05) is 59.4 Å². The second kappa shape index (κ2) is 10.5. The summed E-state index contributed by atoms with van der Waals surface area (Å²) in [6.07, 6.45) is 14.6. The van der Waals surface area contributed by atoms with Crippen molar-refractivity contribution in [3.05, 3.63) is 102 Å². The number of hydrogen-bond donors (Lipinski definition) is 1. The van der Waals surface area contributed by atoms with E-state index in [0.29, 0.717) is 29.9 Å². The summed E-state index contributed by atoms with van der Waals surface area (Å²) in [5.74, 6) is -0.865. The first-order valence-electron chi connectivity index (χ1n) is 14.1. The van der Waals surface area contributed by atoms with Crippen LogP contribution in [0.25, 0.3) is 38.6 Å². The van der Waals surface area contributed by atoms with E-state index >= 15 is 0 Å². The van der Waals surface area contributed by atoms with Crippen LogP contribution in [0.4, 0.5) is 0 Å². The van der Waals surface area contributed by atoms with E-state index in [-0.39, 0.29) is 5.57 Å². The third kappa shape index (κ3) is 4.37. The Morgan fingerprint density at radius 2 is 1.71 bits per heavy atom. The molecule has 2 amide bonds. The highest BCUT2D eigenvalue weighted by atomic mass is 16.2. The maximum absolute atomic E-state index is 13.5. The van der Waals surface area contributed by atoms with Crippen molar-refractivity contribution in [1.29, 1.82) is 0 Å². The van der Waals surface area contributed by atoms with Crippen LogP contribution in [0.1, 0.15) is 37.4 Å². The van der Waals surface area contributed by atoms with Crippen molar-refractivity contribution in [2.45, 2.75) is 39.3 Å². The molecule has 4 heterocycles. The van der Waals surface area contributed by atoms with Gasteiger partial charge in [-0.15, -0.1) is 5.10 Å². The molecule has 7 rings (SSSR count). The summed E-state index contributed by atoms with van der Waals surface area (Å²) in [7, 11) is 0. The van der Waals surface area contributed by atoms with Gasteiger partial charge in [0.25, 0.3) is 11.8 Å². The van der Waals surface area contributed by atoms with Gasteiger partial charge in [0.1, 0.15) is 12.0 Å². The van der Waals surface area contributed by atoms with Gasteiger partial charge in [-0.1, -0.05) is 61.0 Å². The summed E-state index contributed by atoms with van der Waals surface area (Å²) in [4.78, 5) is 27.0. The monoisotopic (exact) mass is 556 g/mol. The lowest BCUT2D eigenvalue weighted by Crippen LogP contribution is -2.22. The number of benzene rings is 2. The van der Waals surface area contributed by atoms with Crippen molar-refractivity contribution in [2.75, 3.05) is 0 Å². The maximum atomic E-state index is 13.5. The Bertz CT molecular complexity index is 1980. The second-order valence-corrected chi connectivity index (χ2v) is 10.4. The van der Waals surface area contributed by atoms with Crippen LogP contribution < -0.4 is 5.32 Å². The summed E-state index contributed by atoms with van der Waals surface area (Å²) < 4.78 is 5.66. The lowest BCUT2D eigenvalue weighted by Gasteiger charge is -2.07. The minimum atomic E-state index is -0.444. The molecular formula is C32H28N8O2. The molecule has 1 aliphatic carbocycles. The molecule has 0 saturated carbocycles. The second-order valence-electron chi connectivity index (χ2n) is 10.4. The molecule has 10 nitrogen and oxygen atoms in total. The maximum Gasteiger partial charge on any atom is 0.261 e. The van der Waals surface area contributed by atoms with Crippen molar-refractivity contribution in [2.24, 2.45) is 0 Å². The van der Waals surface area contributed by atoms with Crippen LogP contribution in [0.5, 0.6) is 0 Å². The Morgan fingerprint density at radius 1 is 0.929 bits per heavy atom. The van der Waals surface area contributed by atoms with E-state index in [1.54, 1.807) is 11.0 Å². The average Bonchev–Trinajstić information content (AvgIpc) is 3.76. The predicted octanol–water partition coefficient (Wildman–Crippen LogP) is 4.77. The number of fused-ring (bicyclic) bond motifs is 2. The van der Waals surface area contributed by atoms with Gasteiger partial charge in [0.15, 0.2) is 0 Å². The molecule has 1 aliphatic heterocycles. The molecule has 2 aromatic carbocycles. The smallest absolute Gasteiger partial charge is 0.261 e. The molecular weight excluding hydrogens is 528 g/mol. The van der Waals surface area contributed by atoms with Crippen LogP contribution in [0, 0.1) is 0 Å². The normalized spacial score (nSPS) is 15.5. The fourth-order valence-corrected chi connectivity index (χ4v) is 5.78. The molecule has 0 spiro atoms. The Labute approximate surface area is 241 Å². The zero-order chi connectivity index (χ0) is 28.6. The molecule has 0 bridgehead atoms. The van der Waals surface area contributed by atoms with E-state index in [1.165, 1.54) is 5.57 Å². The molecule has 3 aromatic heterocycles. The number of nitrogens with one attached hydrogen (secondary N) is 1. The number of amides is 2. The highest BCUT2D eigenvalue weighted by molar-refractivity contribution is 6.50. The van der Waals surface area contributed by atoms with Gasteiger partial charge in [-0.25, -0.2) is 4.68 Å². The Morgan fingerprint density at radius 3 is 2.52 bits per heavy atom. The summed E-state index contributed by atoms with van der Waals surface area (Å²) in [5.41, 5.74) is 5.99. The molecule has 0 fully saturated rings. The molecule has 2 aliphatic rings. The van der Waals surface area contributed by atoms with Gasteiger partial charge in [0.2, 0.25) is 0 Å². The fraction of sp³-hybridized carbons (Fsp3) is 0.188. The van der Waals surface area contributed by atoms with Crippen LogP contribution in [0.15, 0.2) is 90.9 Å². The topological polar surface area (TPSA) is 113 Å². The molecule has 10 heteroatoms. The third-order valence-corrected chi connectivity index (χ3v) is 7.82. The molecule has 1 N–H and O–H groups in total. The predicted molar refractivity (Wildman–Crippen MR) is 160 cm³/mol. The van der Waals surface area contributed by atoms with Gasteiger partial charge < -0.3 is 4.57 Å². The number of carbonyl (C=O) groups is 2. The summed E-state index contributed by atoms with van der Waals surface area (Å²) >= 11 is 0. The molecule has 5 aromatic rings. The highest BCUT2D eigenvalue weighted by Crippen LogP contribution is 2.39. The zero-order valence-corrected chi connectivity index (χ0v) is 23.1. The van der Waals surface area contributed by atoms with E-state index in [2.05, 4.69) is 56.6 Å². The Hall–Kier alpha value is -5.38. The van der Waals surface area contributed by atoms with Crippen molar-refractivity contribution in [1.82, 2.24) is 39.9 Å². The number of tetrazole rings is 1. The van der Waals surface area contributed by atoms with Gasteiger partial charge in [-0.05, 0) is 54.0 Å². The summed E-state index contributed by atoms with van der Waals surface area (Å²) in [5, 5.41) is 20.5. The van der Waals surface area contributed by atoms with Crippen LogP contribution in [0.3, 0.4) is 0 Å². The Kier molecular flexibility index (Phi) is 6.42. The minimum Gasteiger partial charge on any atom is -0.316 e. The molecule has 0 unspecified atom stereocenters. The van der Waals surface area contributed by atoms with Crippen molar-refractivity contribution >= 4 is 50.5 Å². The van der Waals surface area contributed by atoms with Crippen molar-refractivity contribution in [3.63, 3.8) is 0 Å². The van der Waals surface area contributed by atoms with Gasteiger partial charge in [-0.3, -0.25) is 19.6 Å². The number of aromatic nitrogens is 7. The number of rotatable bonds is 8. The van der Waals surface area contributed by atoms with Crippen molar-refractivity contribution < 1.29 is 9.59 Å². The quantitative estimate of drug-likeness (QED) is 0.276. The molecule has 42 heavy (non-hydrogen) atoms. The average molecular weight is 557 g/mol. The first-order chi connectivity index (χ1) is 20.6. The molecule has 0 radical (unpaired) electrons. The van der Waals surface area contributed by atoms with E-state index in [4.69, 9.17) is 5.10 Å². The molecule has 208 valence electrons. The lowest BCUT2D eigenvalue weighted by atomic mass is 9.97. The van der Waals surface area contributed by atoms with Crippen molar-refractivity contribution in [3.8, 4) is 0 Å². The minimum absolute atomic E-state index is 0.290. The van der Waals surface area contributed by atoms with E-state index < -0.39 is 11.8 Å². The van der Waals surface area contributed by atoms with Gasteiger partial charge >= 0.3 is 0 Å². The van der Waals surface area contributed by atoms with Gasteiger partial charge in [-0.2, -0.15) is 5.10 Å². The zero-order valence-electron chi connectivity index (χ0n) is 23.1. The number of allylic oxidation sites excluding steroid dienone is 6. The van der Waals surface area contributed by atoms with Crippen LogP contribution in [0.2, 0.25) is 0 Å². The number of nitrogens with zero attached hydrogens (tertiary/aromatic N) is 7. The van der Waals surface area contributed by atoms with Gasteiger partial charge in [0.05, 0.1) is 22.2 Å². The number of carbonyl (C=O) groups excluding carboxylic acids is 2. The number of aryl methyl sites for hydroxylation is 2. The van der Waals surface area contributed by atoms with E-state index in [9.17, 15) is 9.59 Å². The number of para-hydroxylation sites is 2. The van der Waals surface area contributed by atoms with Gasteiger partial charge in [0, 0.05) is 41.3 Å². The van der Waals surface area contributed by atoms with Crippen LogP contribution >= 0.6 is 0 Å².